The van der Waals surface area contributed by atoms with Crippen LogP contribution in [0.1, 0.15) is 11.1 Å². The van der Waals surface area contributed by atoms with Crippen LogP contribution in [0.2, 0.25) is 0 Å². The highest BCUT2D eigenvalue weighted by atomic mass is 32.2. The number of halogens is 1. The number of rotatable bonds is 7. The van der Waals surface area contributed by atoms with Crippen LogP contribution in [0.25, 0.3) is 0 Å². The molecule has 23 heavy (non-hydrogen) atoms. The second-order valence-electron chi connectivity index (χ2n) is 5.24. The van der Waals surface area contributed by atoms with Crippen molar-refractivity contribution in [2.24, 2.45) is 0 Å². The third kappa shape index (κ3) is 5.07. The molecule has 1 N–H and O–H groups in total. The van der Waals surface area contributed by atoms with Gasteiger partial charge in [-0.2, -0.15) is 0 Å². The Bertz CT molecular complexity index is 755. The highest BCUT2D eigenvalue weighted by Crippen LogP contribution is 2.20. The fourth-order valence-corrected chi connectivity index (χ4v) is 2.75. The van der Waals surface area contributed by atoms with Gasteiger partial charge in [0.05, 0.1) is 6.10 Å². The maximum absolute atomic E-state index is 13.1. The summed E-state index contributed by atoms with van der Waals surface area (Å²) in [6, 6.07) is 7.95. The van der Waals surface area contributed by atoms with E-state index in [4.69, 9.17) is 4.74 Å². The molecule has 0 aliphatic carbocycles. The number of benzene rings is 1. The van der Waals surface area contributed by atoms with Crippen LogP contribution in [0.15, 0.2) is 44.9 Å². The SMILES string of the molecule is Cc1ccc(SC[C@H](CF)OCn2cc(C)c(=O)[nH]c2=O)cc1. The lowest BCUT2D eigenvalue weighted by atomic mass is 10.2. The van der Waals surface area contributed by atoms with Crippen molar-refractivity contribution in [2.45, 2.75) is 31.6 Å². The number of aromatic nitrogens is 2. The molecule has 1 aromatic carbocycles. The van der Waals surface area contributed by atoms with E-state index in [1.165, 1.54) is 28.1 Å². The van der Waals surface area contributed by atoms with Crippen molar-refractivity contribution < 1.29 is 9.13 Å². The van der Waals surface area contributed by atoms with E-state index in [1.807, 2.05) is 31.2 Å². The van der Waals surface area contributed by atoms with E-state index in [1.54, 1.807) is 6.92 Å². The van der Waals surface area contributed by atoms with Gasteiger partial charge in [0.2, 0.25) is 0 Å². The maximum Gasteiger partial charge on any atom is 0.330 e. The Morgan fingerprint density at radius 2 is 1.96 bits per heavy atom. The lowest BCUT2D eigenvalue weighted by Crippen LogP contribution is -2.33. The Morgan fingerprint density at radius 3 is 2.61 bits per heavy atom. The molecule has 0 bridgehead atoms. The number of ether oxygens (including phenoxy) is 1. The van der Waals surface area contributed by atoms with Gasteiger partial charge in [0.1, 0.15) is 13.4 Å². The van der Waals surface area contributed by atoms with Gasteiger partial charge in [0.25, 0.3) is 5.56 Å². The minimum atomic E-state index is -0.643. The molecule has 0 aliphatic heterocycles. The number of alkyl halides is 1. The number of thioether (sulfide) groups is 1. The molecule has 0 spiro atoms. The van der Waals surface area contributed by atoms with E-state index in [9.17, 15) is 14.0 Å². The first-order valence-electron chi connectivity index (χ1n) is 7.17. The third-order valence-electron chi connectivity index (χ3n) is 3.27. The topological polar surface area (TPSA) is 64.1 Å². The molecule has 124 valence electrons. The summed E-state index contributed by atoms with van der Waals surface area (Å²) in [7, 11) is 0. The van der Waals surface area contributed by atoms with Gasteiger partial charge in [-0.15, -0.1) is 11.8 Å². The van der Waals surface area contributed by atoms with E-state index < -0.39 is 24.0 Å². The molecule has 2 rings (SSSR count). The van der Waals surface area contributed by atoms with Crippen molar-refractivity contribution in [3.8, 4) is 0 Å². The Kier molecular flexibility index (Phi) is 6.18. The molecule has 0 amide bonds. The lowest BCUT2D eigenvalue weighted by Gasteiger charge is -2.15. The number of hydrogen-bond acceptors (Lipinski definition) is 4. The summed E-state index contributed by atoms with van der Waals surface area (Å²) in [5.41, 5.74) is 0.576. The molecule has 0 fully saturated rings. The molecule has 0 unspecified atom stereocenters. The van der Waals surface area contributed by atoms with Gasteiger partial charge < -0.3 is 4.74 Å². The Balaban J connectivity index is 1.92. The Hall–Kier alpha value is -1.86. The fraction of sp³-hybridized carbons (Fsp3) is 0.375. The van der Waals surface area contributed by atoms with Crippen LogP contribution < -0.4 is 11.2 Å². The van der Waals surface area contributed by atoms with Crippen LogP contribution in [0.4, 0.5) is 4.39 Å². The summed E-state index contributed by atoms with van der Waals surface area (Å²) >= 11 is 1.50. The first-order valence-corrected chi connectivity index (χ1v) is 8.15. The highest BCUT2D eigenvalue weighted by molar-refractivity contribution is 7.99. The molecule has 2 aromatic rings. The van der Waals surface area contributed by atoms with Crippen LogP contribution in [0.3, 0.4) is 0 Å². The zero-order chi connectivity index (χ0) is 16.8. The van der Waals surface area contributed by atoms with E-state index in [0.717, 1.165) is 4.90 Å². The van der Waals surface area contributed by atoms with E-state index in [2.05, 4.69) is 4.98 Å². The maximum atomic E-state index is 13.1. The van der Waals surface area contributed by atoms with Gasteiger partial charge in [-0.3, -0.25) is 14.3 Å². The number of aryl methyl sites for hydroxylation is 2. The third-order valence-corrected chi connectivity index (χ3v) is 4.41. The molecule has 0 aliphatic rings. The minimum Gasteiger partial charge on any atom is -0.354 e. The predicted molar refractivity (Wildman–Crippen MR) is 88.8 cm³/mol. The van der Waals surface area contributed by atoms with E-state index in [0.29, 0.717) is 11.3 Å². The van der Waals surface area contributed by atoms with Crippen molar-refractivity contribution in [3.63, 3.8) is 0 Å². The van der Waals surface area contributed by atoms with Crippen molar-refractivity contribution in [3.05, 3.63) is 62.4 Å². The van der Waals surface area contributed by atoms with Crippen molar-refractivity contribution in [2.75, 3.05) is 12.4 Å². The standard InChI is InChI=1S/C16H19FN2O3S/c1-11-3-5-14(6-4-11)23-9-13(7-17)22-10-19-8-12(2)15(20)18-16(19)21/h3-6,8,13H,7,9-10H2,1-2H3,(H,18,20,21)/t13-/m0/s1. The van der Waals surface area contributed by atoms with Crippen molar-refractivity contribution >= 4 is 11.8 Å². The van der Waals surface area contributed by atoms with Gasteiger partial charge >= 0.3 is 5.69 Å². The summed E-state index contributed by atoms with van der Waals surface area (Å²) < 4.78 is 19.7. The normalized spacial score (nSPS) is 12.3. The van der Waals surface area contributed by atoms with E-state index >= 15 is 0 Å². The largest absolute Gasteiger partial charge is 0.354 e. The second kappa shape index (κ2) is 8.12. The zero-order valence-electron chi connectivity index (χ0n) is 13.0. The minimum absolute atomic E-state index is 0.0977. The smallest absolute Gasteiger partial charge is 0.330 e. The fourth-order valence-electron chi connectivity index (χ4n) is 1.86. The van der Waals surface area contributed by atoms with Crippen LogP contribution in [-0.4, -0.2) is 28.1 Å². The highest BCUT2D eigenvalue weighted by Gasteiger charge is 2.11. The van der Waals surface area contributed by atoms with Crippen LogP contribution in [0, 0.1) is 13.8 Å². The average molecular weight is 338 g/mol. The number of aromatic amines is 1. The van der Waals surface area contributed by atoms with Gasteiger partial charge in [0, 0.05) is 22.4 Å². The summed E-state index contributed by atoms with van der Waals surface area (Å²) in [5, 5.41) is 0. The number of nitrogens with zero attached hydrogens (tertiary/aromatic N) is 1. The molecule has 5 nitrogen and oxygen atoms in total. The van der Waals surface area contributed by atoms with Crippen LogP contribution in [0.5, 0.6) is 0 Å². The first kappa shape index (κ1) is 17.5. The second-order valence-corrected chi connectivity index (χ2v) is 6.33. The van der Waals surface area contributed by atoms with Crippen molar-refractivity contribution in [1.82, 2.24) is 9.55 Å². The van der Waals surface area contributed by atoms with Gasteiger partial charge in [-0.05, 0) is 26.0 Å². The van der Waals surface area contributed by atoms with Gasteiger partial charge in [-0.1, -0.05) is 17.7 Å². The molecule has 0 radical (unpaired) electrons. The Labute approximate surface area is 137 Å². The molecule has 0 saturated carbocycles. The molecule has 1 aromatic heterocycles. The molecule has 0 saturated heterocycles. The Morgan fingerprint density at radius 1 is 1.26 bits per heavy atom. The van der Waals surface area contributed by atoms with E-state index in [-0.39, 0.29) is 6.73 Å². The number of nitrogens with one attached hydrogen (secondary N) is 1. The first-order chi connectivity index (χ1) is 11.0. The van der Waals surface area contributed by atoms with Gasteiger partial charge in [0.15, 0.2) is 0 Å². The van der Waals surface area contributed by atoms with Gasteiger partial charge in [-0.25, -0.2) is 9.18 Å². The van der Waals surface area contributed by atoms with Crippen LogP contribution >= 0.6 is 11.8 Å². The average Bonchev–Trinajstić information content (AvgIpc) is 2.53. The number of hydrogen-bond donors (Lipinski definition) is 1. The zero-order valence-corrected chi connectivity index (χ0v) is 13.9. The summed E-state index contributed by atoms with van der Waals surface area (Å²) in [5.74, 6) is 0.441. The quantitative estimate of drug-likeness (QED) is 0.787. The molecular formula is C16H19FN2O3S. The van der Waals surface area contributed by atoms with Crippen LogP contribution in [-0.2, 0) is 11.5 Å². The monoisotopic (exact) mass is 338 g/mol. The van der Waals surface area contributed by atoms with Crippen molar-refractivity contribution in [1.29, 1.82) is 0 Å². The predicted octanol–water partition coefficient (Wildman–Crippen LogP) is 2.26. The summed E-state index contributed by atoms with van der Waals surface area (Å²) in [6.07, 6.45) is 0.782. The molecular weight excluding hydrogens is 319 g/mol. The lowest BCUT2D eigenvalue weighted by molar-refractivity contribution is 0.00522. The molecule has 7 heteroatoms. The molecule has 1 atom stereocenters. The molecule has 1 heterocycles. The number of H-pyrrole nitrogens is 1. The summed E-state index contributed by atoms with van der Waals surface area (Å²) in [4.78, 5) is 26.2. The summed E-state index contributed by atoms with van der Waals surface area (Å²) in [6.45, 7) is 2.86.